The Bertz CT molecular complexity index is 673. The molecule has 0 heterocycles. The summed E-state index contributed by atoms with van der Waals surface area (Å²) in [5.74, 6) is 1.53. The highest BCUT2D eigenvalue weighted by molar-refractivity contribution is 9.10. The van der Waals surface area contributed by atoms with Crippen LogP contribution in [0.5, 0.6) is 17.2 Å². The predicted octanol–water partition coefficient (Wildman–Crippen LogP) is 3.87. The van der Waals surface area contributed by atoms with E-state index >= 15 is 0 Å². The van der Waals surface area contributed by atoms with Crippen LogP contribution in [0.3, 0.4) is 0 Å². The largest absolute Gasteiger partial charge is 0.493 e. The molecule has 1 amide bonds. The number of benzene rings is 2. The number of hydrogen-bond acceptors (Lipinski definition) is 4. The summed E-state index contributed by atoms with van der Waals surface area (Å²) in [4.78, 5) is 12.2. The van der Waals surface area contributed by atoms with Crippen molar-refractivity contribution in [1.82, 2.24) is 0 Å². The van der Waals surface area contributed by atoms with Crippen molar-refractivity contribution in [2.75, 3.05) is 19.5 Å². The SMILES string of the molecule is COc1ccc(NC(=O)[C@@H](C)Oc2ccc(Br)cc2)cc1OC. The standard InChI is InChI=1S/C17H18BrNO4/c1-11(23-14-7-4-12(18)5-8-14)17(20)19-13-6-9-15(21-2)16(10-13)22-3/h4-11H,1-3H3,(H,19,20)/t11-/m1/s1. The number of hydrogen-bond donors (Lipinski definition) is 1. The Hall–Kier alpha value is -2.21. The number of methoxy groups -OCH3 is 2. The average Bonchev–Trinajstić information content (AvgIpc) is 2.56. The van der Waals surface area contributed by atoms with Crippen molar-refractivity contribution in [2.45, 2.75) is 13.0 Å². The molecule has 0 bridgehead atoms. The number of ether oxygens (including phenoxy) is 3. The van der Waals surface area contributed by atoms with E-state index in [4.69, 9.17) is 14.2 Å². The minimum Gasteiger partial charge on any atom is -0.493 e. The Balaban J connectivity index is 2.01. The maximum atomic E-state index is 12.2. The zero-order valence-electron chi connectivity index (χ0n) is 13.1. The summed E-state index contributed by atoms with van der Waals surface area (Å²) in [6.45, 7) is 1.69. The van der Waals surface area contributed by atoms with E-state index in [1.807, 2.05) is 12.1 Å². The highest BCUT2D eigenvalue weighted by Gasteiger charge is 2.16. The van der Waals surface area contributed by atoms with Crippen molar-refractivity contribution in [3.8, 4) is 17.2 Å². The van der Waals surface area contributed by atoms with Crippen LogP contribution in [-0.2, 0) is 4.79 Å². The topological polar surface area (TPSA) is 56.8 Å². The van der Waals surface area contributed by atoms with Crippen molar-refractivity contribution in [3.05, 3.63) is 46.9 Å². The fourth-order valence-corrected chi connectivity index (χ4v) is 2.19. The summed E-state index contributed by atoms with van der Waals surface area (Å²) in [7, 11) is 3.10. The second-order valence-corrected chi connectivity index (χ2v) is 5.69. The molecule has 0 fully saturated rings. The van der Waals surface area contributed by atoms with Gasteiger partial charge >= 0.3 is 0 Å². The summed E-state index contributed by atoms with van der Waals surface area (Å²) in [6, 6.07) is 12.5. The van der Waals surface area contributed by atoms with Gasteiger partial charge in [-0.05, 0) is 43.3 Å². The maximum absolute atomic E-state index is 12.2. The third kappa shape index (κ3) is 4.63. The first-order chi connectivity index (χ1) is 11.0. The monoisotopic (exact) mass is 379 g/mol. The van der Waals surface area contributed by atoms with Crippen LogP contribution in [0.15, 0.2) is 46.9 Å². The van der Waals surface area contributed by atoms with Gasteiger partial charge in [-0.3, -0.25) is 4.79 Å². The minimum atomic E-state index is -0.635. The molecule has 122 valence electrons. The lowest BCUT2D eigenvalue weighted by Gasteiger charge is -2.15. The van der Waals surface area contributed by atoms with Crippen molar-refractivity contribution in [1.29, 1.82) is 0 Å². The Kier molecular flexibility index (Phi) is 5.87. The summed E-state index contributed by atoms with van der Waals surface area (Å²) in [6.07, 6.45) is -0.635. The van der Waals surface area contributed by atoms with Gasteiger partial charge in [-0.1, -0.05) is 15.9 Å². The molecule has 23 heavy (non-hydrogen) atoms. The zero-order chi connectivity index (χ0) is 16.8. The lowest BCUT2D eigenvalue weighted by atomic mass is 10.2. The van der Waals surface area contributed by atoms with E-state index in [2.05, 4.69) is 21.2 Å². The van der Waals surface area contributed by atoms with Gasteiger partial charge in [0.05, 0.1) is 14.2 Å². The normalized spacial score (nSPS) is 11.5. The molecule has 2 aromatic rings. The van der Waals surface area contributed by atoms with Crippen LogP contribution in [0.25, 0.3) is 0 Å². The Labute approximate surface area is 143 Å². The average molecular weight is 380 g/mol. The Morgan fingerprint density at radius 3 is 2.30 bits per heavy atom. The third-order valence-electron chi connectivity index (χ3n) is 3.15. The van der Waals surface area contributed by atoms with Crippen LogP contribution in [0, 0.1) is 0 Å². The summed E-state index contributed by atoms with van der Waals surface area (Å²) in [5, 5.41) is 2.79. The smallest absolute Gasteiger partial charge is 0.265 e. The predicted molar refractivity (Wildman–Crippen MR) is 92.4 cm³/mol. The van der Waals surface area contributed by atoms with Gasteiger partial charge < -0.3 is 19.5 Å². The number of halogens is 1. The van der Waals surface area contributed by atoms with Crippen LogP contribution >= 0.6 is 15.9 Å². The number of amides is 1. The quantitative estimate of drug-likeness (QED) is 0.827. The maximum Gasteiger partial charge on any atom is 0.265 e. The minimum absolute atomic E-state index is 0.250. The number of anilines is 1. The molecule has 0 radical (unpaired) electrons. The fourth-order valence-electron chi connectivity index (χ4n) is 1.93. The fraction of sp³-hybridized carbons (Fsp3) is 0.235. The van der Waals surface area contributed by atoms with Gasteiger partial charge in [-0.2, -0.15) is 0 Å². The molecule has 0 aliphatic heterocycles. The van der Waals surface area contributed by atoms with Crippen molar-refractivity contribution < 1.29 is 19.0 Å². The van der Waals surface area contributed by atoms with Crippen molar-refractivity contribution >= 4 is 27.5 Å². The number of rotatable bonds is 6. The second-order valence-electron chi connectivity index (χ2n) is 4.77. The molecule has 0 aromatic heterocycles. The van der Waals surface area contributed by atoms with Crippen LogP contribution in [0.4, 0.5) is 5.69 Å². The van der Waals surface area contributed by atoms with E-state index in [-0.39, 0.29) is 5.91 Å². The number of nitrogens with one attached hydrogen (secondary N) is 1. The van der Waals surface area contributed by atoms with E-state index in [0.717, 1.165) is 4.47 Å². The number of carbonyl (C=O) groups is 1. The molecule has 0 aliphatic rings. The number of carbonyl (C=O) groups excluding carboxylic acids is 1. The lowest BCUT2D eigenvalue weighted by Crippen LogP contribution is -2.30. The van der Waals surface area contributed by atoms with E-state index < -0.39 is 6.10 Å². The van der Waals surface area contributed by atoms with Crippen molar-refractivity contribution in [3.63, 3.8) is 0 Å². The molecule has 6 heteroatoms. The molecule has 2 aromatic carbocycles. The molecule has 0 saturated heterocycles. The highest BCUT2D eigenvalue weighted by atomic mass is 79.9. The summed E-state index contributed by atoms with van der Waals surface area (Å²) >= 11 is 3.35. The van der Waals surface area contributed by atoms with E-state index in [0.29, 0.717) is 22.9 Å². The molecule has 0 aliphatic carbocycles. The van der Waals surface area contributed by atoms with Crippen molar-refractivity contribution in [2.24, 2.45) is 0 Å². The molecular formula is C17H18BrNO4. The first-order valence-corrected chi connectivity index (χ1v) is 7.78. The van der Waals surface area contributed by atoms with Crippen LogP contribution in [-0.4, -0.2) is 26.2 Å². The lowest BCUT2D eigenvalue weighted by molar-refractivity contribution is -0.122. The molecule has 1 atom stereocenters. The molecule has 2 rings (SSSR count). The van der Waals surface area contributed by atoms with E-state index in [1.165, 1.54) is 0 Å². The Morgan fingerprint density at radius 2 is 1.70 bits per heavy atom. The van der Waals surface area contributed by atoms with Gasteiger partial charge in [-0.15, -0.1) is 0 Å². The van der Waals surface area contributed by atoms with Gasteiger partial charge in [0, 0.05) is 16.2 Å². The first-order valence-electron chi connectivity index (χ1n) is 6.98. The third-order valence-corrected chi connectivity index (χ3v) is 3.68. The Morgan fingerprint density at radius 1 is 1.04 bits per heavy atom. The van der Waals surface area contributed by atoms with E-state index in [1.54, 1.807) is 51.5 Å². The highest BCUT2D eigenvalue weighted by Crippen LogP contribution is 2.29. The molecule has 5 nitrogen and oxygen atoms in total. The zero-order valence-corrected chi connectivity index (χ0v) is 14.7. The van der Waals surface area contributed by atoms with Gasteiger partial charge in [-0.25, -0.2) is 0 Å². The van der Waals surface area contributed by atoms with Crippen LogP contribution in [0.1, 0.15) is 6.92 Å². The first kappa shape index (κ1) is 17.1. The van der Waals surface area contributed by atoms with Gasteiger partial charge in [0.15, 0.2) is 17.6 Å². The van der Waals surface area contributed by atoms with Gasteiger partial charge in [0.2, 0.25) is 0 Å². The van der Waals surface area contributed by atoms with Crippen LogP contribution in [0.2, 0.25) is 0 Å². The summed E-state index contributed by atoms with van der Waals surface area (Å²) in [5.41, 5.74) is 0.610. The molecular weight excluding hydrogens is 362 g/mol. The molecule has 0 spiro atoms. The van der Waals surface area contributed by atoms with Crippen LogP contribution < -0.4 is 19.5 Å². The van der Waals surface area contributed by atoms with Gasteiger partial charge in [0.1, 0.15) is 5.75 Å². The van der Waals surface area contributed by atoms with Gasteiger partial charge in [0.25, 0.3) is 5.91 Å². The van der Waals surface area contributed by atoms with E-state index in [9.17, 15) is 4.79 Å². The second kappa shape index (κ2) is 7.87. The molecule has 0 saturated carbocycles. The summed E-state index contributed by atoms with van der Waals surface area (Å²) < 4.78 is 16.9. The molecule has 0 unspecified atom stereocenters. The molecule has 1 N–H and O–H groups in total.